The normalized spacial score (nSPS) is 14.1. The van der Waals surface area contributed by atoms with Gasteiger partial charge >= 0.3 is 0 Å². The highest BCUT2D eigenvalue weighted by atomic mass is 19.1. The number of halogens is 2. The Hall–Kier alpha value is -2.44. The molecule has 7 heteroatoms. The van der Waals surface area contributed by atoms with Crippen molar-refractivity contribution < 1.29 is 8.78 Å². The van der Waals surface area contributed by atoms with E-state index in [4.69, 9.17) is 0 Å². The van der Waals surface area contributed by atoms with Crippen LogP contribution in [0.15, 0.2) is 32.1 Å². The van der Waals surface area contributed by atoms with Crippen molar-refractivity contribution in [3.8, 4) is 0 Å². The van der Waals surface area contributed by atoms with E-state index >= 15 is 0 Å². The first kappa shape index (κ1) is 16.1. The van der Waals surface area contributed by atoms with Gasteiger partial charge in [0.25, 0.3) is 0 Å². The molecule has 2 aliphatic heterocycles. The predicted molar refractivity (Wildman–Crippen MR) is 90.6 cm³/mol. The molecule has 0 saturated heterocycles. The molecule has 0 aliphatic carbocycles. The lowest BCUT2D eigenvalue weighted by atomic mass is 9.72. The molecule has 0 aromatic heterocycles. The summed E-state index contributed by atoms with van der Waals surface area (Å²) >= 11 is 0. The molecule has 0 spiro atoms. The number of rotatable bonds is 4. The van der Waals surface area contributed by atoms with Crippen LogP contribution in [0.25, 0.3) is 0 Å². The Morgan fingerprint density at radius 2 is 1.48 bits per heavy atom. The molecular weight excluding hydrogens is 321 g/mol. The average molecular weight is 337 g/mol. The second-order valence-corrected chi connectivity index (χ2v) is 6.05. The van der Waals surface area contributed by atoms with Gasteiger partial charge in [0.05, 0.1) is 21.4 Å². The molecule has 0 atom stereocenters. The van der Waals surface area contributed by atoms with E-state index in [-0.39, 0.29) is 18.1 Å². The van der Waals surface area contributed by atoms with E-state index in [1.165, 1.54) is 12.1 Å². The molecule has 2 aromatic carbocycles. The number of benzene rings is 2. The monoisotopic (exact) mass is 337 g/mol. The topological polar surface area (TPSA) is 49.4 Å². The zero-order chi connectivity index (χ0) is 17.6. The van der Waals surface area contributed by atoms with Crippen LogP contribution in [-0.4, -0.2) is 20.6 Å². The molecule has 0 unspecified atom stereocenters. The van der Waals surface area contributed by atoms with E-state index in [0.29, 0.717) is 57.9 Å². The molecule has 2 aliphatic rings. The van der Waals surface area contributed by atoms with Crippen LogP contribution in [0.3, 0.4) is 0 Å². The first-order valence-electron chi connectivity index (χ1n) is 8.33. The van der Waals surface area contributed by atoms with Crippen molar-refractivity contribution in [2.24, 2.45) is 20.0 Å². The molecule has 0 N–H and O–H groups in total. The van der Waals surface area contributed by atoms with Crippen molar-refractivity contribution in [1.82, 2.24) is 0 Å². The molecule has 0 amide bonds. The number of fused-ring (bicyclic) bond motifs is 2. The standard InChI is InChI=1S/C18H16BF2N4/c1-3-10-13(20)5-9(15-16(10)23-7-22-15)4-11-14(21)6-12(19-2)18-17(11)24-8-25-18/h5-6H,3-4,7-8H2,1-2H3. The van der Waals surface area contributed by atoms with Gasteiger partial charge < -0.3 is 0 Å². The average Bonchev–Trinajstić information content (AvgIpc) is 3.26. The van der Waals surface area contributed by atoms with Gasteiger partial charge in [0.1, 0.15) is 25.0 Å². The second kappa shape index (κ2) is 6.13. The molecule has 4 nitrogen and oxygen atoms in total. The maximum atomic E-state index is 14.7. The fraction of sp³-hybridized carbons (Fsp3) is 0.333. The highest BCUT2D eigenvalue weighted by molar-refractivity contribution is 6.51. The van der Waals surface area contributed by atoms with Crippen LogP contribution in [-0.2, 0) is 12.8 Å². The van der Waals surface area contributed by atoms with Crippen LogP contribution < -0.4 is 26.9 Å². The van der Waals surface area contributed by atoms with Gasteiger partial charge in [-0.2, -0.15) is 0 Å². The summed E-state index contributed by atoms with van der Waals surface area (Å²) in [7, 11) is 1.82. The first-order valence-corrected chi connectivity index (χ1v) is 8.33. The first-order chi connectivity index (χ1) is 12.1. The van der Waals surface area contributed by atoms with Gasteiger partial charge in [-0.05, 0) is 24.1 Å². The molecule has 0 saturated carbocycles. The Bertz CT molecular complexity index is 1130. The lowest BCUT2D eigenvalue weighted by Gasteiger charge is -2.08. The Kier molecular flexibility index (Phi) is 3.94. The smallest absolute Gasteiger partial charge is 0.151 e. The number of nitrogens with zero attached hydrogens (tertiary/aromatic N) is 4. The summed E-state index contributed by atoms with van der Waals surface area (Å²) in [6.45, 7) is 4.32. The minimum atomic E-state index is -0.351. The van der Waals surface area contributed by atoms with Gasteiger partial charge in [-0.25, -0.2) is 8.78 Å². The summed E-state index contributed by atoms with van der Waals surface area (Å²) in [5.41, 5.74) is 2.38. The van der Waals surface area contributed by atoms with E-state index < -0.39 is 0 Å². The molecule has 2 heterocycles. The summed E-state index contributed by atoms with van der Waals surface area (Å²) in [6.07, 6.45) is 0.770. The van der Waals surface area contributed by atoms with E-state index in [2.05, 4.69) is 20.0 Å². The van der Waals surface area contributed by atoms with Crippen molar-refractivity contribution >= 4 is 12.7 Å². The third kappa shape index (κ3) is 2.49. The van der Waals surface area contributed by atoms with Gasteiger partial charge in [0.15, 0.2) is 7.28 Å². The summed E-state index contributed by atoms with van der Waals surface area (Å²) in [6, 6.07) is 2.93. The highest BCUT2D eigenvalue weighted by Gasteiger charge is 2.18. The lowest BCUT2D eigenvalue weighted by molar-refractivity contribution is 0.601. The SMILES string of the molecule is C[B]c1cc(F)c(Cc2cc(F)c(CC)c3c2=NCN=3)c2c1=NCN=2. The molecule has 2 aromatic rings. The third-order valence-electron chi connectivity index (χ3n) is 4.70. The van der Waals surface area contributed by atoms with Gasteiger partial charge in [0.2, 0.25) is 0 Å². The van der Waals surface area contributed by atoms with Crippen molar-refractivity contribution in [2.45, 2.75) is 26.6 Å². The van der Waals surface area contributed by atoms with Crippen LogP contribution >= 0.6 is 0 Å². The summed E-state index contributed by atoms with van der Waals surface area (Å²) < 4.78 is 29.2. The minimum absolute atomic E-state index is 0.222. The Morgan fingerprint density at radius 3 is 2.16 bits per heavy atom. The Balaban J connectivity index is 1.92. The van der Waals surface area contributed by atoms with Crippen molar-refractivity contribution in [3.63, 3.8) is 0 Å². The maximum Gasteiger partial charge on any atom is 0.151 e. The van der Waals surface area contributed by atoms with Crippen molar-refractivity contribution in [2.75, 3.05) is 13.3 Å². The van der Waals surface area contributed by atoms with Crippen molar-refractivity contribution in [3.05, 3.63) is 61.9 Å². The molecular formula is C18H16BF2N4. The Morgan fingerprint density at radius 1 is 0.880 bits per heavy atom. The third-order valence-corrected chi connectivity index (χ3v) is 4.70. The largest absolute Gasteiger partial charge is 0.260 e. The van der Waals surface area contributed by atoms with Crippen molar-refractivity contribution in [1.29, 1.82) is 0 Å². The molecule has 25 heavy (non-hydrogen) atoms. The number of hydrogen-bond acceptors (Lipinski definition) is 4. The molecule has 125 valence electrons. The van der Waals surface area contributed by atoms with E-state index in [1.54, 1.807) is 0 Å². The molecule has 1 radical (unpaired) electrons. The second-order valence-electron chi connectivity index (χ2n) is 6.05. The quantitative estimate of drug-likeness (QED) is 0.701. The zero-order valence-corrected chi connectivity index (χ0v) is 14.1. The van der Waals surface area contributed by atoms with Gasteiger partial charge in [-0.3, -0.25) is 20.0 Å². The van der Waals surface area contributed by atoms with Crippen LogP contribution in [0.4, 0.5) is 8.78 Å². The molecule has 0 bridgehead atoms. The highest BCUT2D eigenvalue weighted by Crippen LogP contribution is 2.10. The van der Waals surface area contributed by atoms with Crippen LogP contribution in [0, 0.1) is 11.6 Å². The minimum Gasteiger partial charge on any atom is -0.260 e. The fourth-order valence-electron chi connectivity index (χ4n) is 3.49. The van der Waals surface area contributed by atoms with E-state index in [0.717, 1.165) is 5.46 Å². The van der Waals surface area contributed by atoms with Crippen LogP contribution in [0.2, 0.25) is 6.82 Å². The van der Waals surface area contributed by atoms with E-state index in [9.17, 15) is 8.78 Å². The predicted octanol–water partition coefficient (Wildman–Crippen LogP) is -0.0838. The summed E-state index contributed by atoms with van der Waals surface area (Å²) in [5, 5.41) is 2.56. The molecule has 4 rings (SSSR count). The number of hydrogen-bond donors (Lipinski definition) is 0. The maximum absolute atomic E-state index is 14.7. The van der Waals surface area contributed by atoms with Crippen LogP contribution in [0.1, 0.15) is 23.6 Å². The van der Waals surface area contributed by atoms with E-state index in [1.807, 2.05) is 21.0 Å². The van der Waals surface area contributed by atoms with Crippen LogP contribution in [0.5, 0.6) is 0 Å². The van der Waals surface area contributed by atoms with Gasteiger partial charge in [0, 0.05) is 17.5 Å². The Labute approximate surface area is 144 Å². The molecule has 0 fully saturated rings. The fourth-order valence-corrected chi connectivity index (χ4v) is 3.49. The zero-order valence-electron chi connectivity index (χ0n) is 14.1. The van der Waals surface area contributed by atoms with Gasteiger partial charge in [-0.1, -0.05) is 19.2 Å². The lowest BCUT2D eigenvalue weighted by Crippen LogP contribution is -2.43. The summed E-state index contributed by atoms with van der Waals surface area (Å²) in [5.74, 6) is -0.661. The summed E-state index contributed by atoms with van der Waals surface area (Å²) in [4.78, 5) is 17.4. The van der Waals surface area contributed by atoms with Gasteiger partial charge in [-0.15, -0.1) is 0 Å².